The molecular weight excluding hydrogens is 188 g/mol. The van der Waals surface area contributed by atoms with Gasteiger partial charge in [0.15, 0.2) is 0 Å². The van der Waals surface area contributed by atoms with Crippen LogP contribution >= 0.6 is 0 Å². The molecule has 0 bridgehead atoms. The van der Waals surface area contributed by atoms with Gasteiger partial charge in [-0.15, -0.1) is 0 Å². The van der Waals surface area contributed by atoms with Gasteiger partial charge in [-0.1, -0.05) is 30.3 Å². The molecule has 3 heteroatoms. The molecule has 0 unspecified atom stereocenters. The molecule has 1 aromatic carbocycles. The number of carbonyl (C=O) groups excluding carboxylic acids is 1. The molecule has 0 aliphatic carbocycles. The molecular formula is C12H18N2O. The van der Waals surface area contributed by atoms with Gasteiger partial charge in [-0.2, -0.15) is 0 Å². The van der Waals surface area contributed by atoms with E-state index in [1.807, 2.05) is 18.2 Å². The highest BCUT2D eigenvalue weighted by atomic mass is 16.1. The maximum absolute atomic E-state index is 10.8. The van der Waals surface area contributed by atoms with Crippen LogP contribution < -0.4 is 11.1 Å². The first-order valence-electron chi connectivity index (χ1n) is 5.20. The number of carbonyl (C=O) groups is 1. The quantitative estimate of drug-likeness (QED) is 0.753. The number of nitrogens with two attached hydrogens (primary N) is 1. The fourth-order valence-corrected chi connectivity index (χ4v) is 1.47. The van der Waals surface area contributed by atoms with Crippen LogP contribution in [0.15, 0.2) is 30.3 Å². The molecule has 1 rings (SSSR count). The minimum absolute atomic E-state index is 0.00140. The van der Waals surface area contributed by atoms with Gasteiger partial charge in [0.25, 0.3) is 0 Å². The van der Waals surface area contributed by atoms with Crippen LogP contribution in [0.5, 0.6) is 0 Å². The zero-order valence-corrected chi connectivity index (χ0v) is 9.07. The SMILES string of the molecule is CC(=O)NC[C@H](CN)Cc1ccccc1. The van der Waals surface area contributed by atoms with Crippen LogP contribution in [0.2, 0.25) is 0 Å². The lowest BCUT2D eigenvalue weighted by Gasteiger charge is -2.14. The molecule has 3 N–H and O–H groups in total. The molecule has 0 radical (unpaired) electrons. The number of hydrogen-bond acceptors (Lipinski definition) is 2. The number of nitrogens with one attached hydrogen (secondary N) is 1. The largest absolute Gasteiger partial charge is 0.356 e. The normalized spacial score (nSPS) is 12.1. The van der Waals surface area contributed by atoms with Crippen molar-refractivity contribution in [2.45, 2.75) is 13.3 Å². The predicted molar refractivity (Wildman–Crippen MR) is 61.4 cm³/mol. The highest BCUT2D eigenvalue weighted by Gasteiger charge is 2.07. The molecule has 0 aliphatic rings. The monoisotopic (exact) mass is 206 g/mol. The van der Waals surface area contributed by atoms with Crippen molar-refractivity contribution in [1.82, 2.24) is 5.32 Å². The first-order chi connectivity index (χ1) is 7.22. The minimum atomic E-state index is 0.00140. The molecule has 0 saturated carbocycles. The van der Waals surface area contributed by atoms with Gasteiger partial charge in [0.05, 0.1) is 0 Å². The Morgan fingerprint density at radius 1 is 1.40 bits per heavy atom. The second-order valence-corrected chi connectivity index (χ2v) is 3.73. The third-order valence-corrected chi connectivity index (χ3v) is 2.34. The van der Waals surface area contributed by atoms with Crippen LogP contribution in [0.1, 0.15) is 12.5 Å². The van der Waals surface area contributed by atoms with E-state index in [1.54, 1.807) is 0 Å². The van der Waals surface area contributed by atoms with Crippen LogP contribution in [-0.2, 0) is 11.2 Å². The molecule has 15 heavy (non-hydrogen) atoms. The highest BCUT2D eigenvalue weighted by Crippen LogP contribution is 2.06. The Labute approximate surface area is 90.7 Å². The maximum Gasteiger partial charge on any atom is 0.216 e. The summed E-state index contributed by atoms with van der Waals surface area (Å²) in [7, 11) is 0. The molecule has 1 amide bonds. The first-order valence-corrected chi connectivity index (χ1v) is 5.20. The third kappa shape index (κ3) is 4.61. The standard InChI is InChI=1S/C12H18N2O/c1-10(15)14-9-12(8-13)7-11-5-3-2-4-6-11/h2-6,12H,7-9,13H2,1H3,(H,14,15)/t12-/m0/s1. The summed E-state index contributed by atoms with van der Waals surface area (Å²) in [5.74, 6) is 0.317. The van der Waals surface area contributed by atoms with Gasteiger partial charge in [0.2, 0.25) is 5.91 Å². The zero-order chi connectivity index (χ0) is 11.1. The van der Waals surface area contributed by atoms with E-state index < -0.39 is 0 Å². The molecule has 0 heterocycles. The van der Waals surface area contributed by atoms with E-state index in [4.69, 9.17) is 5.73 Å². The average Bonchev–Trinajstić information content (AvgIpc) is 2.25. The molecule has 0 fully saturated rings. The van der Waals surface area contributed by atoms with E-state index in [0.29, 0.717) is 19.0 Å². The van der Waals surface area contributed by atoms with Gasteiger partial charge < -0.3 is 11.1 Å². The number of amides is 1. The third-order valence-electron chi connectivity index (χ3n) is 2.34. The van der Waals surface area contributed by atoms with E-state index in [-0.39, 0.29) is 5.91 Å². The fraction of sp³-hybridized carbons (Fsp3) is 0.417. The van der Waals surface area contributed by atoms with Crippen molar-refractivity contribution in [2.24, 2.45) is 11.7 Å². The minimum Gasteiger partial charge on any atom is -0.356 e. The van der Waals surface area contributed by atoms with Crippen molar-refractivity contribution < 1.29 is 4.79 Å². The molecule has 3 nitrogen and oxygen atoms in total. The summed E-state index contributed by atoms with van der Waals surface area (Å²) >= 11 is 0. The molecule has 0 spiro atoms. The van der Waals surface area contributed by atoms with E-state index >= 15 is 0 Å². The molecule has 0 aliphatic heterocycles. The Hall–Kier alpha value is -1.35. The second-order valence-electron chi connectivity index (χ2n) is 3.73. The smallest absolute Gasteiger partial charge is 0.216 e. The van der Waals surface area contributed by atoms with Crippen molar-refractivity contribution in [3.8, 4) is 0 Å². The van der Waals surface area contributed by atoms with Crippen molar-refractivity contribution >= 4 is 5.91 Å². The lowest BCUT2D eigenvalue weighted by molar-refractivity contribution is -0.119. The van der Waals surface area contributed by atoms with Crippen LogP contribution in [0.3, 0.4) is 0 Å². The number of rotatable bonds is 5. The fourth-order valence-electron chi connectivity index (χ4n) is 1.47. The van der Waals surface area contributed by atoms with Crippen molar-refractivity contribution in [3.05, 3.63) is 35.9 Å². The van der Waals surface area contributed by atoms with E-state index in [1.165, 1.54) is 12.5 Å². The number of hydrogen-bond donors (Lipinski definition) is 2. The highest BCUT2D eigenvalue weighted by molar-refractivity contribution is 5.72. The second kappa shape index (κ2) is 6.19. The van der Waals surface area contributed by atoms with Crippen molar-refractivity contribution in [2.75, 3.05) is 13.1 Å². The summed E-state index contributed by atoms with van der Waals surface area (Å²) in [6, 6.07) is 10.2. The van der Waals surface area contributed by atoms with E-state index in [9.17, 15) is 4.79 Å². The molecule has 0 saturated heterocycles. The summed E-state index contributed by atoms with van der Waals surface area (Å²) in [5, 5.41) is 2.80. The Kier molecular flexibility index (Phi) is 4.84. The van der Waals surface area contributed by atoms with Crippen LogP contribution in [0.4, 0.5) is 0 Å². The lowest BCUT2D eigenvalue weighted by Crippen LogP contribution is -2.32. The predicted octanol–water partition coefficient (Wildman–Crippen LogP) is 0.940. The Bertz CT molecular complexity index is 298. The summed E-state index contributed by atoms with van der Waals surface area (Å²) in [5.41, 5.74) is 6.92. The van der Waals surface area contributed by atoms with Gasteiger partial charge in [0, 0.05) is 13.5 Å². The first kappa shape index (κ1) is 11.7. The summed E-state index contributed by atoms with van der Waals surface area (Å²) in [6.07, 6.45) is 0.914. The Morgan fingerprint density at radius 3 is 2.60 bits per heavy atom. The van der Waals surface area contributed by atoms with E-state index in [2.05, 4.69) is 17.4 Å². The van der Waals surface area contributed by atoms with Gasteiger partial charge in [0.1, 0.15) is 0 Å². The molecule has 1 atom stereocenters. The van der Waals surface area contributed by atoms with Gasteiger partial charge in [-0.25, -0.2) is 0 Å². The van der Waals surface area contributed by atoms with Crippen molar-refractivity contribution in [1.29, 1.82) is 0 Å². The molecule has 1 aromatic rings. The number of benzene rings is 1. The maximum atomic E-state index is 10.8. The molecule has 82 valence electrons. The van der Waals surface area contributed by atoms with Crippen molar-refractivity contribution in [3.63, 3.8) is 0 Å². The lowest BCUT2D eigenvalue weighted by atomic mass is 9.99. The Balaban J connectivity index is 2.43. The van der Waals surface area contributed by atoms with E-state index in [0.717, 1.165) is 6.42 Å². The topological polar surface area (TPSA) is 55.1 Å². The van der Waals surface area contributed by atoms with Crippen LogP contribution in [0, 0.1) is 5.92 Å². The van der Waals surface area contributed by atoms with Crippen LogP contribution in [-0.4, -0.2) is 19.0 Å². The molecule has 0 aromatic heterocycles. The average molecular weight is 206 g/mol. The Morgan fingerprint density at radius 2 is 2.07 bits per heavy atom. The van der Waals surface area contributed by atoms with Gasteiger partial charge in [-0.05, 0) is 24.4 Å². The van der Waals surface area contributed by atoms with Crippen LogP contribution in [0.25, 0.3) is 0 Å². The summed E-state index contributed by atoms with van der Waals surface area (Å²) in [4.78, 5) is 10.8. The summed E-state index contributed by atoms with van der Waals surface area (Å²) < 4.78 is 0. The van der Waals surface area contributed by atoms with Gasteiger partial charge >= 0.3 is 0 Å². The summed E-state index contributed by atoms with van der Waals surface area (Å²) in [6.45, 7) is 2.77. The van der Waals surface area contributed by atoms with Gasteiger partial charge in [-0.3, -0.25) is 4.79 Å². The zero-order valence-electron chi connectivity index (χ0n) is 9.07.